The molecule has 8 amide bonds. The smallest absolute Gasteiger partial charge is 0.266 e. The van der Waals surface area contributed by atoms with Crippen molar-refractivity contribution in [2.75, 3.05) is 22.9 Å². The van der Waals surface area contributed by atoms with Crippen molar-refractivity contribution in [2.24, 2.45) is 0 Å². The van der Waals surface area contributed by atoms with Crippen LogP contribution in [0.5, 0.6) is 0 Å². The van der Waals surface area contributed by atoms with Gasteiger partial charge in [0.25, 0.3) is 47.3 Å². The lowest BCUT2D eigenvalue weighted by molar-refractivity contribution is 0.0585. The average Bonchev–Trinajstić information content (AvgIpc) is 1.14. The summed E-state index contributed by atoms with van der Waals surface area (Å²) < 4.78 is 27.2. The third-order valence-electron chi connectivity index (χ3n) is 15.8. The average molecular weight is 1110 g/mol. The molecule has 0 radical (unpaired) electrons. The Balaban J connectivity index is 0.931. The molecule has 412 valence electrons. The van der Waals surface area contributed by atoms with Crippen LogP contribution in [0.15, 0.2) is 146 Å². The van der Waals surface area contributed by atoms with Gasteiger partial charge in [0.15, 0.2) is 0 Å². The number of unbranched alkanes of at least 4 members (excludes halogenated alkanes) is 6. The van der Waals surface area contributed by atoms with Crippen LogP contribution >= 0.6 is 0 Å². The lowest BCUT2D eigenvalue weighted by Gasteiger charge is -2.33. The monoisotopic (exact) mass is 1110 g/mol. The van der Waals surface area contributed by atoms with Gasteiger partial charge in [0.2, 0.25) is 0 Å². The summed E-state index contributed by atoms with van der Waals surface area (Å²) in [5.41, 5.74) is 5.14. The van der Waals surface area contributed by atoms with Crippen LogP contribution in [0.25, 0.3) is 33.0 Å². The number of benzene rings is 8. The van der Waals surface area contributed by atoms with Crippen LogP contribution in [0.4, 0.5) is 20.2 Å². The molecule has 0 saturated carbocycles. The van der Waals surface area contributed by atoms with Crippen LogP contribution < -0.4 is 9.80 Å². The van der Waals surface area contributed by atoms with Gasteiger partial charge in [-0.3, -0.25) is 48.2 Å². The summed E-state index contributed by atoms with van der Waals surface area (Å²) in [6, 6.07) is 37.6. The molecule has 12 nitrogen and oxygen atoms in total. The summed E-state index contributed by atoms with van der Waals surface area (Å²) in [6.07, 6.45) is 6.04. The molecule has 0 bridgehead atoms. The van der Waals surface area contributed by atoms with Gasteiger partial charge in [0, 0.05) is 57.2 Å². The summed E-state index contributed by atoms with van der Waals surface area (Å²) in [5.74, 6) is 6.80. The lowest BCUT2D eigenvalue weighted by atomic mass is 9.81. The van der Waals surface area contributed by atoms with E-state index in [4.69, 9.17) is 0 Å². The van der Waals surface area contributed by atoms with E-state index in [1.165, 1.54) is 60.7 Å². The molecule has 0 spiro atoms. The maximum atomic E-state index is 15.0. The highest BCUT2D eigenvalue weighted by Crippen LogP contribution is 2.42. The van der Waals surface area contributed by atoms with E-state index in [0.717, 1.165) is 80.4 Å². The SMILES string of the molecule is CCCCCCN1C(=O)c2cc(C#Cc3ccc4c(c3)C(=O)N(c3ccc(-c5ccc(F)cc5)cc3)C4=O)c3c4c(cc(C#Cc5ccc6c(c5)C(=O)N(c5ccc(-c7ccc(F)cc7)cc5)C6=O)c(c24)C1=O)C(=O)N(CCCCCC)C3=O. The van der Waals surface area contributed by atoms with Crippen LogP contribution in [0.3, 0.4) is 0 Å². The van der Waals surface area contributed by atoms with Gasteiger partial charge in [-0.1, -0.05) is 125 Å². The van der Waals surface area contributed by atoms with Crippen molar-refractivity contribution in [2.45, 2.75) is 65.2 Å². The molecule has 0 aromatic heterocycles. The number of fused-ring (bicyclic) bond motifs is 2. The quantitative estimate of drug-likeness (QED) is 0.0593. The molecule has 4 heterocycles. The van der Waals surface area contributed by atoms with Crippen molar-refractivity contribution in [1.29, 1.82) is 0 Å². The third kappa shape index (κ3) is 9.51. The van der Waals surface area contributed by atoms with Crippen molar-refractivity contribution in [3.63, 3.8) is 0 Å². The van der Waals surface area contributed by atoms with E-state index < -0.39 is 47.3 Å². The first-order chi connectivity index (χ1) is 40.7. The van der Waals surface area contributed by atoms with Crippen molar-refractivity contribution in [3.05, 3.63) is 224 Å². The minimum Gasteiger partial charge on any atom is -0.274 e. The van der Waals surface area contributed by atoms with Crippen LogP contribution in [0, 0.1) is 35.3 Å². The van der Waals surface area contributed by atoms with Crippen molar-refractivity contribution < 1.29 is 47.1 Å². The molecule has 0 fully saturated rings. The molecule has 84 heavy (non-hydrogen) atoms. The summed E-state index contributed by atoms with van der Waals surface area (Å²) in [5, 5.41) is 0.181. The van der Waals surface area contributed by atoms with E-state index in [1.807, 2.05) is 13.8 Å². The Morgan fingerprint density at radius 3 is 1.04 bits per heavy atom. The molecule has 0 N–H and O–H groups in total. The Morgan fingerprint density at radius 1 is 0.333 bits per heavy atom. The fourth-order valence-electron chi connectivity index (χ4n) is 11.4. The Kier molecular flexibility index (Phi) is 14.3. The van der Waals surface area contributed by atoms with E-state index in [-0.39, 0.29) is 91.1 Å². The summed E-state index contributed by atoms with van der Waals surface area (Å²) in [7, 11) is 0. The van der Waals surface area contributed by atoms with Crippen LogP contribution in [0.1, 0.15) is 170 Å². The van der Waals surface area contributed by atoms with Gasteiger partial charge in [-0.25, -0.2) is 18.6 Å². The molecule has 8 aromatic rings. The number of hydrogen-bond donors (Lipinski definition) is 0. The Bertz CT molecular complexity index is 4040. The zero-order valence-electron chi connectivity index (χ0n) is 45.7. The van der Waals surface area contributed by atoms with E-state index in [0.29, 0.717) is 35.3 Å². The van der Waals surface area contributed by atoms with Crippen molar-refractivity contribution in [3.8, 4) is 45.9 Å². The number of carbonyl (C=O) groups is 8. The molecule has 14 heteroatoms. The third-order valence-corrected chi connectivity index (χ3v) is 15.8. The Morgan fingerprint density at radius 2 is 0.679 bits per heavy atom. The number of hydrogen-bond acceptors (Lipinski definition) is 8. The van der Waals surface area contributed by atoms with E-state index in [2.05, 4.69) is 23.7 Å². The predicted octanol–water partition coefficient (Wildman–Crippen LogP) is 13.2. The Labute approximate surface area is 482 Å². The van der Waals surface area contributed by atoms with Gasteiger partial charge >= 0.3 is 0 Å². The minimum absolute atomic E-state index is 0.0169. The molecular weight excluding hydrogens is 1060 g/mol. The molecule has 4 aliphatic heterocycles. The topological polar surface area (TPSA) is 150 Å². The van der Waals surface area contributed by atoms with Crippen LogP contribution in [0.2, 0.25) is 0 Å². The number of carbonyl (C=O) groups excluding carboxylic acids is 8. The first-order valence-corrected chi connectivity index (χ1v) is 28.0. The highest BCUT2D eigenvalue weighted by molar-refractivity contribution is 6.37. The predicted molar refractivity (Wildman–Crippen MR) is 314 cm³/mol. The maximum absolute atomic E-state index is 15.0. The zero-order valence-corrected chi connectivity index (χ0v) is 45.7. The van der Waals surface area contributed by atoms with Gasteiger partial charge in [0.05, 0.1) is 44.8 Å². The number of anilines is 2. The van der Waals surface area contributed by atoms with Crippen LogP contribution in [-0.2, 0) is 0 Å². The normalized spacial score (nSPS) is 14.1. The fourth-order valence-corrected chi connectivity index (χ4v) is 11.4. The van der Waals surface area contributed by atoms with Crippen LogP contribution in [-0.4, -0.2) is 70.1 Å². The molecule has 0 aliphatic carbocycles. The molecule has 0 unspecified atom stereocenters. The fraction of sp³-hybridized carbons (Fsp3) is 0.171. The maximum Gasteiger partial charge on any atom is 0.266 e. The van der Waals surface area contributed by atoms with Gasteiger partial charge in [-0.05, 0) is 132 Å². The van der Waals surface area contributed by atoms with E-state index >= 15 is 0 Å². The Hall–Kier alpha value is -10.4. The summed E-state index contributed by atoms with van der Waals surface area (Å²) in [6.45, 7) is 4.24. The van der Waals surface area contributed by atoms with Gasteiger partial charge in [-0.2, -0.15) is 0 Å². The highest BCUT2D eigenvalue weighted by Gasteiger charge is 2.43. The number of rotatable bonds is 14. The molecule has 0 atom stereocenters. The first-order valence-electron chi connectivity index (χ1n) is 28.0. The minimum atomic E-state index is -0.655. The largest absolute Gasteiger partial charge is 0.274 e. The first kappa shape index (κ1) is 54.2. The van der Waals surface area contributed by atoms with Crippen molar-refractivity contribution in [1.82, 2.24) is 9.80 Å². The van der Waals surface area contributed by atoms with Crippen molar-refractivity contribution >= 4 is 69.4 Å². The van der Waals surface area contributed by atoms with Gasteiger partial charge < -0.3 is 0 Å². The molecule has 12 rings (SSSR count). The second-order valence-electron chi connectivity index (χ2n) is 21.1. The van der Waals surface area contributed by atoms with E-state index in [1.54, 1.807) is 84.9 Å². The molecular formula is C70H50F2N4O8. The summed E-state index contributed by atoms with van der Waals surface area (Å²) in [4.78, 5) is 120. The number of imide groups is 4. The molecule has 0 saturated heterocycles. The molecule has 8 aromatic carbocycles. The molecule has 4 aliphatic rings. The van der Waals surface area contributed by atoms with Gasteiger partial charge in [0.1, 0.15) is 11.6 Å². The number of halogens is 2. The highest BCUT2D eigenvalue weighted by atomic mass is 19.1. The number of nitrogens with zero attached hydrogens (tertiary/aromatic N) is 4. The van der Waals surface area contributed by atoms with E-state index in [9.17, 15) is 47.1 Å². The van der Waals surface area contributed by atoms with Gasteiger partial charge in [-0.15, -0.1) is 0 Å². The second kappa shape index (κ2) is 22.1. The second-order valence-corrected chi connectivity index (χ2v) is 21.1. The lowest BCUT2D eigenvalue weighted by Crippen LogP contribution is -2.44. The standard InChI is InChI=1S/C70H50F2N4O8/c1-3-5-7-9-35-73-63(77)57-39-48(16-12-42-14-34-54-56(38-42)68(82)76(66(54)80)52-31-23-46(24-32-52)44-19-27-50(72)28-20-44)60-62-58(64(78)74(70(60)84)36-10-8-6-4-2)40-47(59(61(57)62)69(73)83)15-11-41-13-33-53-55(37-41)67(81)75(65(53)79)51-29-21-45(22-30-51)43-17-25-49(71)26-18-43/h13-14,17-34,37-40H,3-10,35-36H2,1-2H3. The zero-order chi connectivity index (χ0) is 58.5. The summed E-state index contributed by atoms with van der Waals surface area (Å²) >= 11 is 0. The number of amides is 8.